The average Bonchev–Trinajstić information content (AvgIpc) is 3.56. The SMILES string of the molecule is CCc1c(-c2ccc3c4c(n(C(=O)OC(C)(C)C)c3c2)CN(C(=O)OC(C)(C)C)CC4)nc(OCc2ccccc2)c(C(=O)OCc2ccccc2)c1OCc1ccccc1. The van der Waals surface area contributed by atoms with Gasteiger partial charge in [0.25, 0.3) is 0 Å². The number of ether oxygens (including phenoxy) is 5. The molecule has 0 unspecified atom stereocenters. The van der Waals surface area contributed by atoms with E-state index in [0.29, 0.717) is 53.2 Å². The Labute approximate surface area is 357 Å². The molecule has 61 heavy (non-hydrogen) atoms. The molecular weight excluding hydrogens is 771 g/mol. The van der Waals surface area contributed by atoms with Gasteiger partial charge in [-0.2, -0.15) is 0 Å². The van der Waals surface area contributed by atoms with E-state index in [-0.39, 0.29) is 37.8 Å². The van der Waals surface area contributed by atoms with Crippen LogP contribution in [-0.4, -0.2) is 50.4 Å². The van der Waals surface area contributed by atoms with Gasteiger partial charge in [0.05, 0.1) is 23.4 Å². The summed E-state index contributed by atoms with van der Waals surface area (Å²) in [6.45, 7) is 13.8. The van der Waals surface area contributed by atoms with Crippen LogP contribution in [0, 0.1) is 0 Å². The van der Waals surface area contributed by atoms with E-state index in [0.717, 1.165) is 27.6 Å². The number of hydrogen-bond acceptors (Lipinski definition) is 9. The molecule has 3 heterocycles. The molecule has 0 N–H and O–H groups in total. The van der Waals surface area contributed by atoms with Gasteiger partial charge in [0.15, 0.2) is 5.56 Å². The fourth-order valence-electron chi connectivity index (χ4n) is 7.35. The van der Waals surface area contributed by atoms with Gasteiger partial charge < -0.3 is 28.6 Å². The van der Waals surface area contributed by atoms with Crippen molar-refractivity contribution in [3.63, 3.8) is 0 Å². The summed E-state index contributed by atoms with van der Waals surface area (Å²) >= 11 is 0. The summed E-state index contributed by atoms with van der Waals surface area (Å²) in [6.07, 6.45) is -0.0875. The molecule has 11 nitrogen and oxygen atoms in total. The molecule has 0 atom stereocenters. The van der Waals surface area contributed by atoms with Crippen LogP contribution in [-0.2, 0) is 53.4 Å². The summed E-state index contributed by atoms with van der Waals surface area (Å²) in [7, 11) is 0. The molecule has 0 radical (unpaired) electrons. The first-order chi connectivity index (χ1) is 29.2. The molecule has 0 spiro atoms. The van der Waals surface area contributed by atoms with Gasteiger partial charge in [-0.1, -0.05) is 110 Å². The number of nitrogens with zero attached hydrogens (tertiary/aromatic N) is 3. The number of carbonyl (C=O) groups excluding carboxylic acids is 3. The number of rotatable bonds is 11. The molecular formula is C50H53N3O8. The second kappa shape index (κ2) is 17.9. The third kappa shape index (κ3) is 10.1. The number of pyridine rings is 1. The number of fused-ring (bicyclic) bond motifs is 3. The molecule has 0 bridgehead atoms. The van der Waals surface area contributed by atoms with Gasteiger partial charge in [-0.15, -0.1) is 0 Å². The minimum Gasteiger partial charge on any atom is -0.487 e. The second-order valence-electron chi connectivity index (χ2n) is 17.0. The Morgan fingerprint density at radius 3 is 1.82 bits per heavy atom. The number of benzene rings is 4. The van der Waals surface area contributed by atoms with E-state index in [2.05, 4.69) is 0 Å². The highest BCUT2D eigenvalue weighted by Gasteiger charge is 2.34. The lowest BCUT2D eigenvalue weighted by Crippen LogP contribution is -2.41. The van der Waals surface area contributed by atoms with Crippen molar-refractivity contribution >= 4 is 29.1 Å². The summed E-state index contributed by atoms with van der Waals surface area (Å²) in [4.78, 5) is 48.6. The van der Waals surface area contributed by atoms with Crippen LogP contribution in [0.5, 0.6) is 11.6 Å². The van der Waals surface area contributed by atoms with Gasteiger partial charge in [0, 0.05) is 23.1 Å². The summed E-state index contributed by atoms with van der Waals surface area (Å²) in [5.41, 5.74) is 5.24. The van der Waals surface area contributed by atoms with Crippen LogP contribution in [0.2, 0.25) is 0 Å². The molecule has 4 aromatic carbocycles. The molecule has 0 saturated heterocycles. The zero-order valence-electron chi connectivity index (χ0n) is 35.9. The van der Waals surface area contributed by atoms with Crippen molar-refractivity contribution in [3.05, 3.63) is 148 Å². The number of esters is 1. The lowest BCUT2D eigenvalue weighted by Gasteiger charge is -2.31. The largest absolute Gasteiger partial charge is 0.487 e. The monoisotopic (exact) mass is 823 g/mol. The predicted octanol–water partition coefficient (Wildman–Crippen LogP) is 10.9. The van der Waals surface area contributed by atoms with Gasteiger partial charge >= 0.3 is 18.2 Å². The van der Waals surface area contributed by atoms with E-state index in [1.165, 1.54) is 0 Å². The maximum Gasteiger partial charge on any atom is 0.419 e. The zero-order valence-corrected chi connectivity index (χ0v) is 35.9. The lowest BCUT2D eigenvalue weighted by atomic mass is 9.98. The normalized spacial score (nSPS) is 12.7. The van der Waals surface area contributed by atoms with E-state index in [4.69, 9.17) is 28.7 Å². The van der Waals surface area contributed by atoms with Crippen LogP contribution in [0.1, 0.15) is 92.3 Å². The van der Waals surface area contributed by atoms with E-state index in [9.17, 15) is 14.4 Å². The fraction of sp³-hybridized carbons (Fsp3) is 0.320. The van der Waals surface area contributed by atoms with Crippen molar-refractivity contribution in [1.29, 1.82) is 0 Å². The molecule has 11 heteroatoms. The lowest BCUT2D eigenvalue weighted by molar-refractivity contribution is 0.0212. The summed E-state index contributed by atoms with van der Waals surface area (Å²) in [5.74, 6) is -0.292. The Morgan fingerprint density at radius 2 is 1.25 bits per heavy atom. The van der Waals surface area contributed by atoms with Crippen LogP contribution >= 0.6 is 0 Å². The molecule has 1 aliphatic rings. The molecule has 0 aliphatic carbocycles. The smallest absolute Gasteiger partial charge is 0.419 e. The predicted molar refractivity (Wildman–Crippen MR) is 234 cm³/mol. The summed E-state index contributed by atoms with van der Waals surface area (Å²) in [5, 5.41) is 0.855. The highest BCUT2D eigenvalue weighted by Crippen LogP contribution is 2.41. The molecule has 316 valence electrons. The highest BCUT2D eigenvalue weighted by atomic mass is 16.6. The van der Waals surface area contributed by atoms with E-state index in [1.807, 2.05) is 158 Å². The van der Waals surface area contributed by atoms with Gasteiger partial charge in [0.1, 0.15) is 36.8 Å². The number of amides is 1. The maximum absolute atomic E-state index is 14.4. The van der Waals surface area contributed by atoms with Crippen LogP contribution in [0.25, 0.3) is 22.2 Å². The van der Waals surface area contributed by atoms with E-state index >= 15 is 0 Å². The van der Waals surface area contributed by atoms with Crippen molar-refractivity contribution in [2.45, 2.75) is 98.9 Å². The Hall–Kier alpha value is -6.62. The van der Waals surface area contributed by atoms with Crippen LogP contribution in [0.3, 0.4) is 0 Å². The first-order valence-corrected chi connectivity index (χ1v) is 20.7. The number of carbonyl (C=O) groups is 3. The van der Waals surface area contributed by atoms with Crippen LogP contribution in [0.15, 0.2) is 109 Å². The minimum atomic E-state index is -0.796. The van der Waals surface area contributed by atoms with Gasteiger partial charge in [-0.05, 0) is 82.7 Å². The van der Waals surface area contributed by atoms with Gasteiger partial charge in [0.2, 0.25) is 5.88 Å². The van der Waals surface area contributed by atoms with E-state index in [1.54, 1.807) is 9.47 Å². The first kappa shape index (κ1) is 42.5. The number of aromatic nitrogens is 2. The quantitative estimate of drug-likeness (QED) is 0.0929. The Morgan fingerprint density at radius 1 is 0.689 bits per heavy atom. The van der Waals surface area contributed by atoms with Crippen molar-refractivity contribution in [1.82, 2.24) is 14.5 Å². The van der Waals surface area contributed by atoms with Crippen LogP contribution in [0.4, 0.5) is 9.59 Å². The standard InChI is InChI=1S/C50H53N3O8/c1-8-37-43(36-24-25-38-39-26-27-52(47(55)60-49(2,3)4)29-41(39)53(40(38)28-36)48(56)61-50(5,6)7)51-45(58-31-34-20-14-10-15-21-34)42(44(37)57-30-33-18-12-9-13-19-33)46(54)59-32-35-22-16-11-17-23-35/h9-25,28H,8,26-27,29-32H2,1-7H3. The van der Waals surface area contributed by atoms with Crippen molar-refractivity contribution in [3.8, 4) is 22.9 Å². The molecule has 6 aromatic rings. The topological polar surface area (TPSA) is 118 Å². The molecule has 0 saturated carbocycles. The zero-order chi connectivity index (χ0) is 43.3. The Balaban J connectivity index is 1.40. The Kier molecular flexibility index (Phi) is 12.5. The second-order valence-corrected chi connectivity index (χ2v) is 17.0. The molecule has 7 rings (SSSR count). The summed E-state index contributed by atoms with van der Waals surface area (Å²) < 4.78 is 32.4. The van der Waals surface area contributed by atoms with Gasteiger partial charge in [-0.25, -0.2) is 23.9 Å². The molecule has 1 aliphatic heterocycles. The summed E-state index contributed by atoms with van der Waals surface area (Å²) in [6, 6.07) is 34.7. The minimum absolute atomic E-state index is 0.0352. The fourth-order valence-corrected chi connectivity index (χ4v) is 7.35. The van der Waals surface area contributed by atoms with E-state index < -0.39 is 29.4 Å². The molecule has 0 fully saturated rings. The Bertz CT molecular complexity index is 2520. The number of hydrogen-bond donors (Lipinski definition) is 0. The third-order valence-corrected chi connectivity index (χ3v) is 10.1. The highest BCUT2D eigenvalue weighted by molar-refractivity contribution is 5.99. The third-order valence-electron chi connectivity index (χ3n) is 10.1. The van der Waals surface area contributed by atoms with Crippen LogP contribution < -0.4 is 9.47 Å². The van der Waals surface area contributed by atoms with Gasteiger partial charge in [-0.3, -0.25) is 0 Å². The molecule has 1 amide bonds. The maximum atomic E-state index is 14.4. The van der Waals surface area contributed by atoms with Crippen molar-refractivity contribution < 1.29 is 38.1 Å². The van der Waals surface area contributed by atoms with Crippen molar-refractivity contribution in [2.24, 2.45) is 0 Å². The average molecular weight is 824 g/mol. The van der Waals surface area contributed by atoms with Crippen molar-refractivity contribution in [2.75, 3.05) is 6.54 Å². The first-order valence-electron chi connectivity index (χ1n) is 20.7. The molecule has 2 aromatic heterocycles.